The SMILES string of the molecule is C=C(C#N)/C=C(/NN(C)C(=O)OC(C)(C)C)C(=C)F. The van der Waals surface area contributed by atoms with E-state index >= 15 is 0 Å². The fourth-order valence-corrected chi connectivity index (χ4v) is 0.934. The summed E-state index contributed by atoms with van der Waals surface area (Å²) in [5.41, 5.74) is 1.66. The van der Waals surface area contributed by atoms with Crippen LogP contribution in [0.3, 0.4) is 0 Å². The smallest absolute Gasteiger partial charge is 0.428 e. The van der Waals surface area contributed by atoms with Crippen molar-refractivity contribution in [2.24, 2.45) is 0 Å². The molecule has 0 unspecified atom stereocenters. The molecule has 19 heavy (non-hydrogen) atoms. The molecule has 0 atom stereocenters. The highest BCUT2D eigenvalue weighted by Gasteiger charge is 2.20. The summed E-state index contributed by atoms with van der Waals surface area (Å²) in [7, 11) is 1.36. The van der Waals surface area contributed by atoms with Crippen LogP contribution in [0.2, 0.25) is 0 Å². The molecule has 1 amide bonds. The van der Waals surface area contributed by atoms with E-state index < -0.39 is 17.5 Å². The van der Waals surface area contributed by atoms with Crippen LogP contribution in [-0.4, -0.2) is 23.8 Å². The van der Waals surface area contributed by atoms with E-state index in [9.17, 15) is 9.18 Å². The molecule has 5 nitrogen and oxygen atoms in total. The third-order valence-electron chi connectivity index (χ3n) is 1.71. The second kappa shape index (κ2) is 6.59. The van der Waals surface area contributed by atoms with Gasteiger partial charge >= 0.3 is 6.09 Å². The number of nitriles is 1. The number of carbonyl (C=O) groups excluding carboxylic acids is 1. The van der Waals surface area contributed by atoms with Gasteiger partial charge in [-0.3, -0.25) is 5.43 Å². The minimum absolute atomic E-state index is 0.0267. The van der Waals surface area contributed by atoms with Gasteiger partial charge in [-0.25, -0.2) is 14.2 Å². The van der Waals surface area contributed by atoms with E-state index in [1.807, 2.05) is 0 Å². The van der Waals surface area contributed by atoms with E-state index in [0.29, 0.717) is 0 Å². The van der Waals surface area contributed by atoms with Gasteiger partial charge in [0.25, 0.3) is 0 Å². The Morgan fingerprint density at radius 1 is 1.47 bits per heavy atom. The van der Waals surface area contributed by atoms with E-state index in [2.05, 4.69) is 18.6 Å². The van der Waals surface area contributed by atoms with Crippen LogP contribution >= 0.6 is 0 Å². The van der Waals surface area contributed by atoms with E-state index in [0.717, 1.165) is 11.1 Å². The highest BCUT2D eigenvalue weighted by Crippen LogP contribution is 2.11. The lowest BCUT2D eigenvalue weighted by molar-refractivity contribution is 0.0228. The Morgan fingerprint density at radius 2 is 2.00 bits per heavy atom. The monoisotopic (exact) mass is 267 g/mol. The summed E-state index contributed by atoms with van der Waals surface area (Å²) in [5.74, 6) is -0.827. The number of rotatable bonds is 4. The van der Waals surface area contributed by atoms with Crippen molar-refractivity contribution >= 4 is 6.09 Å². The van der Waals surface area contributed by atoms with Crippen LogP contribution in [0.1, 0.15) is 20.8 Å². The van der Waals surface area contributed by atoms with Crippen molar-refractivity contribution in [2.75, 3.05) is 7.05 Å². The molecule has 0 saturated carbocycles. The third-order valence-corrected chi connectivity index (χ3v) is 1.71. The molecule has 104 valence electrons. The largest absolute Gasteiger partial charge is 0.442 e. The van der Waals surface area contributed by atoms with Gasteiger partial charge in [-0.15, -0.1) is 0 Å². The zero-order valence-corrected chi connectivity index (χ0v) is 11.6. The standard InChI is InChI=1S/C13H18FN3O2/c1-9(8-15)7-11(10(2)14)16-17(6)12(18)19-13(3,4)5/h7,16H,1-2H2,3-6H3/b11-7+. The zero-order valence-electron chi connectivity index (χ0n) is 11.6. The maximum atomic E-state index is 13.2. The fourth-order valence-electron chi connectivity index (χ4n) is 0.934. The lowest BCUT2D eigenvalue weighted by Gasteiger charge is -2.25. The third kappa shape index (κ3) is 6.88. The summed E-state index contributed by atoms with van der Waals surface area (Å²) in [6.45, 7) is 11.6. The topological polar surface area (TPSA) is 65.4 Å². The number of allylic oxidation sites excluding steroid dienone is 3. The predicted molar refractivity (Wildman–Crippen MR) is 70.2 cm³/mol. The molecule has 0 aromatic heterocycles. The highest BCUT2D eigenvalue weighted by molar-refractivity contribution is 5.67. The average molecular weight is 267 g/mol. The molecular formula is C13H18FN3O2. The van der Waals surface area contributed by atoms with Crippen molar-refractivity contribution in [1.82, 2.24) is 10.4 Å². The van der Waals surface area contributed by atoms with Crippen LogP contribution in [0.5, 0.6) is 0 Å². The molecule has 0 spiro atoms. The molecule has 0 aliphatic heterocycles. The van der Waals surface area contributed by atoms with Gasteiger partial charge in [0, 0.05) is 12.6 Å². The van der Waals surface area contributed by atoms with Crippen LogP contribution in [0.4, 0.5) is 9.18 Å². The normalized spacial score (nSPS) is 11.3. The van der Waals surface area contributed by atoms with Gasteiger partial charge in [0.15, 0.2) is 0 Å². The Hall–Kier alpha value is -2.29. The molecule has 0 aromatic rings. The van der Waals surface area contributed by atoms with Crippen molar-refractivity contribution in [1.29, 1.82) is 5.26 Å². The van der Waals surface area contributed by atoms with Gasteiger partial charge < -0.3 is 4.74 Å². The van der Waals surface area contributed by atoms with Crippen LogP contribution in [0, 0.1) is 11.3 Å². The second-order valence-electron chi connectivity index (χ2n) is 4.75. The first-order chi connectivity index (χ1) is 8.56. The summed E-state index contributed by atoms with van der Waals surface area (Å²) in [6, 6.07) is 1.74. The van der Waals surface area contributed by atoms with E-state index in [-0.39, 0.29) is 11.3 Å². The molecule has 0 aromatic carbocycles. The van der Waals surface area contributed by atoms with Gasteiger partial charge in [-0.05, 0) is 26.8 Å². The van der Waals surface area contributed by atoms with Crippen LogP contribution in [-0.2, 0) is 4.74 Å². The molecule has 0 fully saturated rings. The number of nitrogens with zero attached hydrogens (tertiary/aromatic N) is 2. The van der Waals surface area contributed by atoms with Gasteiger partial charge in [-0.1, -0.05) is 13.2 Å². The first-order valence-electron chi connectivity index (χ1n) is 5.45. The van der Waals surface area contributed by atoms with Gasteiger partial charge in [0.1, 0.15) is 11.4 Å². The predicted octanol–water partition coefficient (Wildman–Crippen LogP) is 2.80. The van der Waals surface area contributed by atoms with Crippen molar-refractivity contribution in [2.45, 2.75) is 26.4 Å². The van der Waals surface area contributed by atoms with E-state index in [1.54, 1.807) is 26.8 Å². The summed E-state index contributed by atoms with van der Waals surface area (Å²) < 4.78 is 18.2. The number of hydrogen-bond acceptors (Lipinski definition) is 4. The fraction of sp³-hybridized carbons (Fsp3) is 0.385. The second-order valence-corrected chi connectivity index (χ2v) is 4.75. The minimum atomic E-state index is -0.827. The summed E-state index contributed by atoms with van der Waals surface area (Å²) >= 11 is 0. The van der Waals surface area contributed by atoms with Gasteiger partial charge in [0.2, 0.25) is 0 Å². The molecule has 0 bridgehead atoms. The van der Waals surface area contributed by atoms with E-state index in [1.165, 1.54) is 7.05 Å². The number of hydrazine groups is 1. The lowest BCUT2D eigenvalue weighted by Crippen LogP contribution is -2.42. The maximum absolute atomic E-state index is 13.2. The number of ether oxygens (including phenoxy) is 1. The quantitative estimate of drug-likeness (QED) is 0.483. The van der Waals surface area contributed by atoms with E-state index in [4.69, 9.17) is 10.00 Å². The molecule has 0 radical (unpaired) electrons. The first kappa shape index (κ1) is 16.7. The van der Waals surface area contributed by atoms with Crippen molar-refractivity contribution in [3.8, 4) is 6.07 Å². The van der Waals surface area contributed by atoms with Gasteiger partial charge in [0.05, 0.1) is 11.8 Å². The summed E-state index contributed by atoms with van der Waals surface area (Å²) in [6.07, 6.45) is 0.450. The molecule has 0 aliphatic rings. The van der Waals surface area contributed by atoms with Crippen LogP contribution in [0.25, 0.3) is 0 Å². The Bertz CT molecular complexity index is 455. The van der Waals surface area contributed by atoms with Gasteiger partial charge in [-0.2, -0.15) is 5.26 Å². The number of carbonyl (C=O) groups is 1. The Balaban J connectivity index is 4.85. The Kier molecular flexibility index (Phi) is 5.80. The first-order valence-corrected chi connectivity index (χ1v) is 5.45. The zero-order chi connectivity index (χ0) is 15.2. The number of hydrogen-bond donors (Lipinski definition) is 1. The van der Waals surface area contributed by atoms with Crippen LogP contribution in [0.15, 0.2) is 36.3 Å². The number of amides is 1. The van der Waals surface area contributed by atoms with Crippen molar-refractivity contribution in [3.63, 3.8) is 0 Å². The molecule has 0 saturated heterocycles. The average Bonchev–Trinajstić information content (AvgIpc) is 2.25. The summed E-state index contributed by atoms with van der Waals surface area (Å²) in [4.78, 5) is 11.6. The molecule has 0 aliphatic carbocycles. The highest BCUT2D eigenvalue weighted by atomic mass is 19.1. The molecular weight excluding hydrogens is 249 g/mol. The van der Waals surface area contributed by atoms with Crippen molar-refractivity contribution < 1.29 is 13.9 Å². The lowest BCUT2D eigenvalue weighted by atomic mass is 10.2. The maximum Gasteiger partial charge on any atom is 0.428 e. The number of nitrogens with one attached hydrogen (secondary N) is 1. The van der Waals surface area contributed by atoms with Crippen molar-refractivity contribution in [3.05, 3.63) is 36.3 Å². The summed E-state index contributed by atoms with van der Waals surface area (Å²) in [5, 5.41) is 9.53. The molecule has 6 heteroatoms. The van der Waals surface area contributed by atoms with Crippen LogP contribution < -0.4 is 5.43 Å². The Morgan fingerprint density at radius 3 is 2.37 bits per heavy atom. The minimum Gasteiger partial charge on any atom is -0.442 e. The number of halogens is 1. The molecule has 0 rings (SSSR count). The molecule has 0 heterocycles. The molecule has 1 N–H and O–H groups in total. The Labute approximate surface area is 112 Å².